The third-order valence-corrected chi connectivity index (χ3v) is 5.05. The Bertz CT molecular complexity index is 414. The van der Waals surface area contributed by atoms with Crippen LogP contribution in [0.1, 0.15) is 103 Å². The molecule has 0 aromatic rings. The number of rotatable bonds is 7. The van der Waals surface area contributed by atoms with Crippen LogP contribution in [-0.2, 0) is 0 Å². The molecule has 2 heteroatoms. The van der Waals surface area contributed by atoms with E-state index in [4.69, 9.17) is 4.99 Å². The molecule has 0 atom stereocenters. The minimum Gasteiger partial charge on any atom is -0.296 e. The first-order valence-corrected chi connectivity index (χ1v) is 9.71. The molecule has 0 aromatic heterocycles. The van der Waals surface area contributed by atoms with Gasteiger partial charge in [-0.05, 0) is 79.1 Å². The van der Waals surface area contributed by atoms with Crippen LogP contribution >= 0.6 is 0 Å². The topological polar surface area (TPSA) is 15.6 Å². The molecule has 0 aliphatic rings. The van der Waals surface area contributed by atoms with Crippen molar-refractivity contribution >= 4 is 5.71 Å². The van der Waals surface area contributed by atoms with E-state index in [2.05, 4.69) is 94.9 Å². The summed E-state index contributed by atoms with van der Waals surface area (Å²) in [6, 6.07) is 0.568. The van der Waals surface area contributed by atoms with E-state index in [-0.39, 0.29) is 16.5 Å². The van der Waals surface area contributed by atoms with Crippen LogP contribution < -0.4 is 0 Å². The smallest absolute Gasteiger partial charge is 0.0551 e. The van der Waals surface area contributed by atoms with E-state index in [9.17, 15) is 0 Å². The molecule has 0 aliphatic heterocycles. The first-order valence-electron chi connectivity index (χ1n) is 9.71. The van der Waals surface area contributed by atoms with Crippen LogP contribution in [0.15, 0.2) is 4.99 Å². The molecule has 0 aromatic carbocycles. The zero-order valence-electron chi connectivity index (χ0n) is 19.1. The molecule has 0 bridgehead atoms. The van der Waals surface area contributed by atoms with E-state index >= 15 is 0 Å². The van der Waals surface area contributed by atoms with Gasteiger partial charge in [-0.3, -0.25) is 9.89 Å². The number of hydrogen-bond acceptors (Lipinski definition) is 2. The van der Waals surface area contributed by atoms with Crippen molar-refractivity contribution in [2.24, 2.45) is 15.8 Å². The maximum Gasteiger partial charge on any atom is 0.0551 e. The van der Waals surface area contributed by atoms with Crippen molar-refractivity contribution in [1.29, 1.82) is 0 Å². The van der Waals surface area contributed by atoms with Gasteiger partial charge >= 0.3 is 0 Å². The van der Waals surface area contributed by atoms with Gasteiger partial charge in [-0.1, -0.05) is 34.6 Å². The van der Waals surface area contributed by atoms with Crippen molar-refractivity contribution in [2.75, 3.05) is 6.54 Å². The van der Waals surface area contributed by atoms with Gasteiger partial charge in [0.05, 0.1) is 5.54 Å². The summed E-state index contributed by atoms with van der Waals surface area (Å²) in [5.74, 6) is 0. The largest absolute Gasteiger partial charge is 0.296 e. The van der Waals surface area contributed by atoms with Gasteiger partial charge in [-0.15, -0.1) is 0 Å². The molecule has 0 saturated carbocycles. The SMILES string of the molecule is C/C(=N/C(C)(C)CCC(C)(C)CN(C(C)C)C(C)(C)C)C(C)(C)C. The van der Waals surface area contributed by atoms with Crippen LogP contribution in [0, 0.1) is 10.8 Å². The molecular weight excluding hydrogens is 292 g/mol. The molecule has 0 aliphatic carbocycles. The van der Waals surface area contributed by atoms with Crippen molar-refractivity contribution in [3.63, 3.8) is 0 Å². The van der Waals surface area contributed by atoms with E-state index < -0.39 is 0 Å². The van der Waals surface area contributed by atoms with E-state index in [0.29, 0.717) is 11.5 Å². The lowest BCUT2D eigenvalue weighted by Crippen LogP contribution is -2.50. The fraction of sp³-hybridized carbons (Fsp3) is 0.955. The summed E-state index contributed by atoms with van der Waals surface area (Å²) in [7, 11) is 0. The first kappa shape index (κ1) is 23.6. The van der Waals surface area contributed by atoms with Gasteiger partial charge in [0, 0.05) is 23.8 Å². The summed E-state index contributed by atoms with van der Waals surface area (Å²) in [5.41, 5.74) is 1.93. The van der Waals surface area contributed by atoms with Gasteiger partial charge in [0.25, 0.3) is 0 Å². The quantitative estimate of drug-likeness (QED) is 0.478. The average Bonchev–Trinajstić information content (AvgIpc) is 2.31. The van der Waals surface area contributed by atoms with Gasteiger partial charge in [0.15, 0.2) is 0 Å². The van der Waals surface area contributed by atoms with Crippen LogP contribution in [0.5, 0.6) is 0 Å². The Labute approximate surface area is 153 Å². The van der Waals surface area contributed by atoms with Crippen molar-refractivity contribution in [2.45, 2.75) is 120 Å². The average molecular weight is 339 g/mol. The summed E-state index contributed by atoms with van der Waals surface area (Å²) in [6.07, 6.45) is 2.32. The minimum atomic E-state index is 0.0129. The second kappa shape index (κ2) is 7.89. The molecule has 24 heavy (non-hydrogen) atoms. The molecule has 2 nitrogen and oxygen atoms in total. The summed E-state index contributed by atoms with van der Waals surface area (Å²) in [6.45, 7) is 31.0. The van der Waals surface area contributed by atoms with Crippen molar-refractivity contribution in [1.82, 2.24) is 4.90 Å². The Morgan fingerprint density at radius 2 is 1.29 bits per heavy atom. The summed E-state index contributed by atoms with van der Waals surface area (Å²) in [5, 5.41) is 0. The van der Waals surface area contributed by atoms with Gasteiger partial charge in [0.1, 0.15) is 0 Å². The minimum absolute atomic E-state index is 0.0129. The highest BCUT2D eigenvalue weighted by Gasteiger charge is 2.32. The van der Waals surface area contributed by atoms with Crippen molar-refractivity contribution in [3.8, 4) is 0 Å². The van der Waals surface area contributed by atoms with Crippen molar-refractivity contribution in [3.05, 3.63) is 0 Å². The molecule has 144 valence electrons. The Kier molecular flexibility index (Phi) is 7.77. The van der Waals surface area contributed by atoms with Crippen LogP contribution in [0.2, 0.25) is 0 Å². The van der Waals surface area contributed by atoms with Crippen molar-refractivity contribution < 1.29 is 0 Å². The standard InChI is InChI=1S/C22H46N2/c1-17(2)24(20(7,8)9)16-21(10,11)14-15-22(12,13)23-18(3)19(4,5)6/h17H,14-16H2,1-13H3/b23-18-. The first-order chi connectivity index (χ1) is 10.4. The number of hydrogen-bond donors (Lipinski definition) is 0. The van der Waals surface area contributed by atoms with E-state index in [1.807, 2.05) is 0 Å². The van der Waals surface area contributed by atoms with E-state index in [0.717, 1.165) is 13.0 Å². The molecule has 0 heterocycles. The van der Waals surface area contributed by atoms with Crippen LogP contribution in [0.3, 0.4) is 0 Å². The fourth-order valence-electron chi connectivity index (χ4n) is 3.06. The normalized spacial score (nSPS) is 15.5. The Morgan fingerprint density at radius 1 is 0.833 bits per heavy atom. The zero-order valence-corrected chi connectivity index (χ0v) is 19.1. The summed E-state index contributed by atoms with van der Waals surface area (Å²) < 4.78 is 0. The lowest BCUT2D eigenvalue weighted by atomic mass is 9.81. The molecule has 0 fully saturated rings. The Morgan fingerprint density at radius 3 is 1.62 bits per heavy atom. The lowest BCUT2D eigenvalue weighted by molar-refractivity contribution is 0.0486. The third-order valence-electron chi connectivity index (χ3n) is 5.05. The monoisotopic (exact) mass is 338 g/mol. The molecule has 0 amide bonds. The van der Waals surface area contributed by atoms with Gasteiger partial charge in [-0.25, -0.2) is 0 Å². The fourth-order valence-corrected chi connectivity index (χ4v) is 3.06. The number of aliphatic imine (C=N–C) groups is 1. The van der Waals surface area contributed by atoms with Crippen LogP contribution in [-0.4, -0.2) is 34.3 Å². The number of nitrogens with zero attached hydrogens (tertiary/aromatic N) is 2. The van der Waals surface area contributed by atoms with Gasteiger partial charge in [-0.2, -0.15) is 0 Å². The molecule has 0 spiro atoms. The van der Waals surface area contributed by atoms with Crippen LogP contribution in [0.4, 0.5) is 0 Å². The molecule has 0 unspecified atom stereocenters. The Hall–Kier alpha value is -0.370. The predicted molar refractivity (Wildman–Crippen MR) is 111 cm³/mol. The maximum absolute atomic E-state index is 5.05. The third kappa shape index (κ3) is 8.65. The van der Waals surface area contributed by atoms with Gasteiger partial charge in [0.2, 0.25) is 0 Å². The summed E-state index contributed by atoms with van der Waals surface area (Å²) in [4.78, 5) is 7.68. The van der Waals surface area contributed by atoms with E-state index in [1.54, 1.807) is 0 Å². The molecule has 0 saturated heterocycles. The second-order valence-electron chi connectivity index (χ2n) is 11.3. The summed E-state index contributed by atoms with van der Waals surface area (Å²) >= 11 is 0. The molecule has 0 radical (unpaired) electrons. The Balaban J connectivity index is 5.00. The highest BCUT2D eigenvalue weighted by Crippen LogP contribution is 2.33. The molecule has 0 rings (SSSR count). The molecule has 0 N–H and O–H groups in total. The second-order valence-corrected chi connectivity index (χ2v) is 11.3. The zero-order chi connectivity index (χ0) is 19.6. The van der Waals surface area contributed by atoms with E-state index in [1.165, 1.54) is 12.1 Å². The van der Waals surface area contributed by atoms with Gasteiger partial charge < -0.3 is 0 Å². The highest BCUT2D eigenvalue weighted by molar-refractivity contribution is 5.87. The predicted octanol–water partition coefficient (Wildman–Crippen LogP) is 6.59. The molecular formula is C22H46N2. The maximum atomic E-state index is 5.05. The highest BCUT2D eigenvalue weighted by atomic mass is 15.2. The lowest BCUT2D eigenvalue weighted by Gasteiger charge is -2.44. The van der Waals surface area contributed by atoms with Crippen LogP contribution in [0.25, 0.3) is 0 Å².